The Kier molecular flexibility index (Phi) is 3.09. The Hall–Kier alpha value is -0.840. The zero-order valence-electron chi connectivity index (χ0n) is 8.81. The third-order valence-electron chi connectivity index (χ3n) is 2.42. The number of aryl methyl sites for hydroxylation is 2. The van der Waals surface area contributed by atoms with Crippen LogP contribution < -0.4 is 0 Å². The molecule has 0 N–H and O–H groups in total. The van der Waals surface area contributed by atoms with Crippen LogP contribution in [0.15, 0.2) is 36.7 Å². The zero-order chi connectivity index (χ0) is 10.8. The van der Waals surface area contributed by atoms with Crippen molar-refractivity contribution in [1.29, 1.82) is 0 Å². The Labute approximate surface area is 103 Å². The van der Waals surface area contributed by atoms with E-state index in [-0.39, 0.29) is 0 Å². The highest BCUT2D eigenvalue weighted by Crippen LogP contribution is 2.29. The molecule has 2 rings (SSSR count). The predicted octanol–water partition coefficient (Wildman–Crippen LogP) is 3.25. The van der Waals surface area contributed by atoms with Crippen LogP contribution in [-0.2, 0) is 7.05 Å². The van der Waals surface area contributed by atoms with E-state index in [0.29, 0.717) is 3.92 Å². The van der Waals surface area contributed by atoms with Crippen LogP contribution in [0.5, 0.6) is 0 Å². The third-order valence-corrected chi connectivity index (χ3v) is 3.70. The van der Waals surface area contributed by atoms with Crippen molar-refractivity contribution in [3.63, 3.8) is 0 Å². The van der Waals surface area contributed by atoms with E-state index in [1.54, 1.807) is 0 Å². The molecule has 78 valence electrons. The SMILES string of the molecule is Cc1cccc(C(I)c2nccn2C)c1. The molecule has 0 fully saturated rings. The Bertz CT molecular complexity index is 462. The molecular formula is C12H13IN2. The van der Waals surface area contributed by atoms with Crippen LogP contribution in [0.3, 0.4) is 0 Å². The lowest BCUT2D eigenvalue weighted by molar-refractivity contribution is 0.823. The van der Waals surface area contributed by atoms with E-state index in [2.05, 4.69) is 63.3 Å². The van der Waals surface area contributed by atoms with Gasteiger partial charge in [-0.1, -0.05) is 52.4 Å². The first-order valence-electron chi connectivity index (χ1n) is 4.86. The molecule has 0 spiro atoms. The lowest BCUT2D eigenvalue weighted by Crippen LogP contribution is -2.01. The van der Waals surface area contributed by atoms with Crippen LogP contribution in [0.2, 0.25) is 0 Å². The highest BCUT2D eigenvalue weighted by Gasteiger charge is 2.13. The van der Waals surface area contributed by atoms with E-state index in [0.717, 1.165) is 5.82 Å². The molecule has 0 aliphatic carbocycles. The fraction of sp³-hybridized carbons (Fsp3) is 0.250. The third kappa shape index (κ3) is 2.22. The van der Waals surface area contributed by atoms with Crippen molar-refractivity contribution < 1.29 is 0 Å². The number of alkyl halides is 1. The minimum atomic E-state index is 0.322. The summed E-state index contributed by atoms with van der Waals surface area (Å²) < 4.78 is 2.39. The van der Waals surface area contributed by atoms with E-state index < -0.39 is 0 Å². The maximum atomic E-state index is 4.38. The number of hydrogen-bond acceptors (Lipinski definition) is 1. The minimum absolute atomic E-state index is 0.322. The van der Waals surface area contributed by atoms with Crippen LogP contribution >= 0.6 is 22.6 Å². The Morgan fingerprint density at radius 2 is 2.20 bits per heavy atom. The smallest absolute Gasteiger partial charge is 0.125 e. The topological polar surface area (TPSA) is 17.8 Å². The van der Waals surface area contributed by atoms with Gasteiger partial charge in [-0.15, -0.1) is 0 Å². The summed E-state index contributed by atoms with van der Waals surface area (Å²) >= 11 is 2.43. The molecule has 1 unspecified atom stereocenters. The number of benzene rings is 1. The van der Waals surface area contributed by atoms with Gasteiger partial charge >= 0.3 is 0 Å². The second-order valence-corrected chi connectivity index (χ2v) is 4.92. The number of hydrogen-bond donors (Lipinski definition) is 0. The largest absolute Gasteiger partial charge is 0.337 e. The molecule has 1 atom stereocenters. The molecular weight excluding hydrogens is 299 g/mol. The van der Waals surface area contributed by atoms with E-state index in [1.807, 2.05) is 19.4 Å². The van der Waals surface area contributed by atoms with Crippen LogP contribution in [0.1, 0.15) is 20.9 Å². The van der Waals surface area contributed by atoms with Crippen molar-refractivity contribution in [1.82, 2.24) is 9.55 Å². The molecule has 1 aromatic carbocycles. The molecule has 0 aliphatic heterocycles. The summed E-state index contributed by atoms with van der Waals surface area (Å²) in [6.45, 7) is 2.12. The normalized spacial score (nSPS) is 12.7. The number of rotatable bonds is 2. The van der Waals surface area contributed by atoms with Crippen molar-refractivity contribution >= 4 is 22.6 Å². The van der Waals surface area contributed by atoms with E-state index in [1.165, 1.54) is 11.1 Å². The van der Waals surface area contributed by atoms with Gasteiger partial charge in [-0.05, 0) is 12.5 Å². The van der Waals surface area contributed by atoms with Gasteiger partial charge in [-0.2, -0.15) is 0 Å². The van der Waals surface area contributed by atoms with Gasteiger partial charge in [0.05, 0.1) is 3.92 Å². The van der Waals surface area contributed by atoms with Gasteiger partial charge < -0.3 is 4.57 Å². The maximum Gasteiger partial charge on any atom is 0.125 e. The number of imidazole rings is 1. The highest BCUT2D eigenvalue weighted by molar-refractivity contribution is 14.1. The van der Waals surface area contributed by atoms with Gasteiger partial charge in [0.2, 0.25) is 0 Å². The van der Waals surface area contributed by atoms with Crippen LogP contribution in [0.4, 0.5) is 0 Å². The standard InChI is InChI=1S/C12H13IN2/c1-9-4-3-5-10(8-9)11(13)12-14-6-7-15(12)2/h3-8,11H,1-2H3. The van der Waals surface area contributed by atoms with Crippen molar-refractivity contribution in [3.05, 3.63) is 53.6 Å². The zero-order valence-corrected chi connectivity index (χ0v) is 11.0. The van der Waals surface area contributed by atoms with E-state index in [9.17, 15) is 0 Å². The second-order valence-electron chi connectivity index (χ2n) is 3.67. The summed E-state index contributed by atoms with van der Waals surface area (Å²) in [5.41, 5.74) is 2.60. The molecule has 0 saturated carbocycles. The Balaban J connectivity index is 2.36. The Morgan fingerprint density at radius 3 is 2.80 bits per heavy atom. The van der Waals surface area contributed by atoms with E-state index in [4.69, 9.17) is 0 Å². The molecule has 0 saturated heterocycles. The summed E-state index contributed by atoms with van der Waals surface area (Å²) in [5, 5.41) is 0. The highest BCUT2D eigenvalue weighted by atomic mass is 127. The first-order valence-corrected chi connectivity index (χ1v) is 6.11. The van der Waals surface area contributed by atoms with Gasteiger partial charge in [0.1, 0.15) is 5.82 Å². The van der Waals surface area contributed by atoms with Crippen LogP contribution in [0.25, 0.3) is 0 Å². The molecule has 0 amide bonds. The van der Waals surface area contributed by atoms with Crippen molar-refractivity contribution in [2.75, 3.05) is 0 Å². The average Bonchev–Trinajstić information content (AvgIpc) is 2.63. The molecule has 2 nitrogen and oxygen atoms in total. The Morgan fingerprint density at radius 1 is 1.40 bits per heavy atom. The molecule has 3 heteroatoms. The maximum absolute atomic E-state index is 4.38. The first-order chi connectivity index (χ1) is 7.18. The molecule has 0 radical (unpaired) electrons. The van der Waals surface area contributed by atoms with Crippen LogP contribution in [0, 0.1) is 6.92 Å². The molecule has 1 heterocycles. The molecule has 15 heavy (non-hydrogen) atoms. The fourth-order valence-electron chi connectivity index (χ4n) is 1.60. The fourth-order valence-corrected chi connectivity index (χ4v) is 2.59. The van der Waals surface area contributed by atoms with Crippen molar-refractivity contribution in [2.45, 2.75) is 10.8 Å². The molecule has 0 bridgehead atoms. The summed E-state index contributed by atoms with van der Waals surface area (Å²) in [6, 6.07) is 8.58. The number of nitrogens with zero attached hydrogens (tertiary/aromatic N) is 2. The van der Waals surface area contributed by atoms with Crippen molar-refractivity contribution in [2.24, 2.45) is 7.05 Å². The van der Waals surface area contributed by atoms with E-state index >= 15 is 0 Å². The average molecular weight is 312 g/mol. The summed E-state index contributed by atoms with van der Waals surface area (Å²) in [4.78, 5) is 4.38. The first kappa shape index (κ1) is 10.7. The van der Waals surface area contributed by atoms with Gasteiger partial charge in [-0.25, -0.2) is 4.98 Å². The monoisotopic (exact) mass is 312 g/mol. The van der Waals surface area contributed by atoms with Gasteiger partial charge in [0.15, 0.2) is 0 Å². The molecule has 2 aromatic rings. The van der Waals surface area contributed by atoms with Crippen molar-refractivity contribution in [3.8, 4) is 0 Å². The second kappa shape index (κ2) is 4.35. The van der Waals surface area contributed by atoms with Gasteiger partial charge in [0.25, 0.3) is 0 Å². The lowest BCUT2D eigenvalue weighted by atomic mass is 10.1. The van der Waals surface area contributed by atoms with Gasteiger partial charge in [-0.3, -0.25) is 0 Å². The van der Waals surface area contributed by atoms with Crippen LogP contribution in [-0.4, -0.2) is 9.55 Å². The van der Waals surface area contributed by atoms with Gasteiger partial charge in [0, 0.05) is 19.4 Å². The molecule has 1 aromatic heterocycles. The quantitative estimate of drug-likeness (QED) is 0.615. The minimum Gasteiger partial charge on any atom is -0.337 e. The predicted molar refractivity (Wildman–Crippen MR) is 70.3 cm³/mol. The summed E-state index contributed by atoms with van der Waals surface area (Å²) in [7, 11) is 2.03. The number of halogens is 1. The molecule has 0 aliphatic rings. The summed E-state index contributed by atoms with van der Waals surface area (Å²) in [5.74, 6) is 1.10. The number of aromatic nitrogens is 2. The summed E-state index contributed by atoms with van der Waals surface area (Å²) in [6.07, 6.45) is 3.83. The lowest BCUT2D eigenvalue weighted by Gasteiger charge is -2.10.